The molecular weight excluding hydrogens is 406 g/mol. The van der Waals surface area contributed by atoms with Crippen molar-refractivity contribution in [2.45, 2.75) is 31.5 Å². The van der Waals surface area contributed by atoms with Gasteiger partial charge in [0.25, 0.3) is 0 Å². The van der Waals surface area contributed by atoms with Gasteiger partial charge in [-0.15, -0.1) is 12.4 Å². The minimum Gasteiger partial charge on any atom is -0.508 e. The molecule has 160 valence electrons. The minimum absolute atomic E-state index is 0. The Morgan fingerprint density at radius 1 is 0.967 bits per heavy atom. The van der Waals surface area contributed by atoms with Crippen LogP contribution in [0.2, 0.25) is 0 Å². The zero-order valence-electron chi connectivity index (χ0n) is 17.3. The second-order valence-electron chi connectivity index (χ2n) is 7.81. The van der Waals surface area contributed by atoms with Gasteiger partial charge in [-0.05, 0) is 64.9 Å². The topological polar surface area (TPSA) is 71.4 Å². The monoisotopic (exact) mass is 431 g/mol. The van der Waals surface area contributed by atoms with Crippen molar-refractivity contribution < 1.29 is 24.4 Å². The standard InChI is InChI=1S/C23H25NO5.ClH/c1-27-18-10-15-16-11-24-8-4-5-17(24)21(26)19(16)13-7-6-12(25)9-14(13)20(15)23(29-3)22(18)28-2;/h6-7,9-10,17,21,25-26H,4-5,8,11H2,1-3H3;1H/t17-,21+;/m0./s1. The first-order valence-electron chi connectivity index (χ1n) is 9.91. The number of aromatic hydroxyl groups is 1. The maximum absolute atomic E-state index is 11.3. The summed E-state index contributed by atoms with van der Waals surface area (Å²) in [5, 5.41) is 25.1. The SMILES string of the molecule is COc1cc2c3c(c4ccc(O)cc4c2c(OC)c1OC)[C@H](O)[C@@H]1CCCN1C3.Cl. The maximum Gasteiger partial charge on any atom is 0.203 e. The number of benzene rings is 3. The Balaban J connectivity index is 0.00000218. The lowest BCUT2D eigenvalue weighted by Crippen LogP contribution is -2.39. The number of rotatable bonds is 3. The molecule has 0 amide bonds. The number of hydrogen-bond donors (Lipinski definition) is 2. The number of phenolic OH excluding ortho intramolecular Hbond substituents is 1. The van der Waals surface area contributed by atoms with Gasteiger partial charge in [-0.2, -0.15) is 0 Å². The third-order valence-corrected chi connectivity index (χ3v) is 6.48. The van der Waals surface area contributed by atoms with Crippen LogP contribution in [0.5, 0.6) is 23.0 Å². The van der Waals surface area contributed by atoms with Gasteiger partial charge in [0.05, 0.1) is 27.4 Å². The first-order valence-corrected chi connectivity index (χ1v) is 9.91. The number of ether oxygens (including phenoxy) is 3. The van der Waals surface area contributed by atoms with Gasteiger partial charge in [-0.25, -0.2) is 0 Å². The van der Waals surface area contributed by atoms with Crippen LogP contribution in [0.1, 0.15) is 30.1 Å². The summed E-state index contributed by atoms with van der Waals surface area (Å²) in [6.07, 6.45) is 1.51. The van der Waals surface area contributed by atoms with E-state index in [0.717, 1.165) is 58.6 Å². The van der Waals surface area contributed by atoms with E-state index in [0.29, 0.717) is 17.2 Å². The molecule has 0 unspecified atom stereocenters. The molecule has 0 radical (unpaired) electrons. The van der Waals surface area contributed by atoms with E-state index >= 15 is 0 Å². The molecule has 3 aromatic rings. The Kier molecular flexibility index (Phi) is 5.34. The first kappa shape index (κ1) is 20.8. The Bertz CT molecular complexity index is 1130. The number of nitrogens with zero attached hydrogens (tertiary/aromatic N) is 1. The molecule has 1 saturated heterocycles. The smallest absolute Gasteiger partial charge is 0.203 e. The van der Waals surface area contributed by atoms with Gasteiger partial charge in [0, 0.05) is 18.0 Å². The zero-order valence-corrected chi connectivity index (χ0v) is 18.1. The fraction of sp³-hybridized carbons (Fsp3) is 0.391. The van der Waals surface area contributed by atoms with E-state index in [9.17, 15) is 10.2 Å². The number of fused-ring (bicyclic) bond motifs is 7. The van der Waals surface area contributed by atoms with Gasteiger partial charge in [0.1, 0.15) is 5.75 Å². The lowest BCUT2D eigenvalue weighted by atomic mass is 9.83. The van der Waals surface area contributed by atoms with Gasteiger partial charge in [0.15, 0.2) is 11.5 Å². The van der Waals surface area contributed by atoms with Crippen LogP contribution >= 0.6 is 12.4 Å². The number of phenols is 1. The molecular formula is C23H26ClNO5. The zero-order chi connectivity index (χ0) is 20.3. The van der Waals surface area contributed by atoms with Crippen molar-refractivity contribution in [3.63, 3.8) is 0 Å². The van der Waals surface area contributed by atoms with Gasteiger partial charge in [0.2, 0.25) is 5.75 Å². The summed E-state index contributed by atoms with van der Waals surface area (Å²) in [5.41, 5.74) is 2.04. The van der Waals surface area contributed by atoms with E-state index in [1.165, 1.54) is 0 Å². The Hall–Kier alpha value is -2.41. The van der Waals surface area contributed by atoms with Crippen LogP contribution in [-0.2, 0) is 6.54 Å². The minimum atomic E-state index is -0.572. The molecule has 5 rings (SSSR count). The average molecular weight is 432 g/mol. The number of halogens is 1. The third-order valence-electron chi connectivity index (χ3n) is 6.48. The molecule has 1 fully saturated rings. The number of hydrogen-bond acceptors (Lipinski definition) is 6. The van der Waals surface area contributed by atoms with Crippen molar-refractivity contribution in [1.82, 2.24) is 4.90 Å². The van der Waals surface area contributed by atoms with E-state index in [1.807, 2.05) is 12.1 Å². The first-order chi connectivity index (χ1) is 14.1. The van der Waals surface area contributed by atoms with Gasteiger partial charge < -0.3 is 24.4 Å². The lowest BCUT2D eigenvalue weighted by molar-refractivity contribution is 0.0552. The lowest BCUT2D eigenvalue weighted by Gasteiger charge is -2.37. The number of methoxy groups -OCH3 is 3. The van der Waals surface area contributed by atoms with E-state index < -0.39 is 6.10 Å². The normalized spacial score (nSPS) is 20.5. The fourth-order valence-electron chi connectivity index (χ4n) is 5.25. The predicted molar refractivity (Wildman–Crippen MR) is 118 cm³/mol. The second kappa shape index (κ2) is 7.69. The molecule has 2 N–H and O–H groups in total. The third kappa shape index (κ3) is 2.78. The molecule has 6 nitrogen and oxygen atoms in total. The maximum atomic E-state index is 11.3. The van der Waals surface area contributed by atoms with Crippen molar-refractivity contribution >= 4 is 34.0 Å². The molecule has 7 heteroatoms. The molecule has 2 aliphatic heterocycles. The molecule has 0 aromatic heterocycles. The fourth-order valence-corrected chi connectivity index (χ4v) is 5.25. The molecule has 2 aliphatic rings. The van der Waals surface area contributed by atoms with Crippen molar-refractivity contribution in [2.75, 3.05) is 27.9 Å². The Morgan fingerprint density at radius 2 is 1.73 bits per heavy atom. The number of aliphatic hydroxyl groups is 1. The van der Waals surface area contributed by atoms with Crippen LogP contribution in [0, 0.1) is 0 Å². The highest BCUT2D eigenvalue weighted by Gasteiger charge is 2.39. The van der Waals surface area contributed by atoms with Crippen molar-refractivity contribution in [2.24, 2.45) is 0 Å². The van der Waals surface area contributed by atoms with Crippen molar-refractivity contribution in [1.29, 1.82) is 0 Å². The van der Waals surface area contributed by atoms with Gasteiger partial charge in [-0.3, -0.25) is 4.90 Å². The van der Waals surface area contributed by atoms with Crippen LogP contribution < -0.4 is 14.2 Å². The molecule has 0 bridgehead atoms. The highest BCUT2D eigenvalue weighted by atomic mass is 35.5. The van der Waals surface area contributed by atoms with E-state index in [1.54, 1.807) is 33.5 Å². The molecule has 0 saturated carbocycles. The largest absolute Gasteiger partial charge is 0.508 e. The summed E-state index contributed by atoms with van der Waals surface area (Å²) in [4.78, 5) is 2.36. The summed E-state index contributed by atoms with van der Waals surface area (Å²) in [5.74, 6) is 1.83. The number of aliphatic hydroxyl groups excluding tert-OH is 1. The molecule has 2 heterocycles. The highest BCUT2D eigenvalue weighted by Crippen LogP contribution is 2.51. The summed E-state index contributed by atoms with van der Waals surface area (Å²) in [7, 11) is 4.80. The summed E-state index contributed by atoms with van der Waals surface area (Å²) >= 11 is 0. The average Bonchev–Trinajstić information content (AvgIpc) is 3.21. The second-order valence-corrected chi connectivity index (χ2v) is 7.81. The van der Waals surface area contributed by atoms with Crippen LogP contribution in [0.15, 0.2) is 24.3 Å². The quantitative estimate of drug-likeness (QED) is 0.607. The van der Waals surface area contributed by atoms with E-state index in [4.69, 9.17) is 14.2 Å². The van der Waals surface area contributed by atoms with E-state index in [-0.39, 0.29) is 24.2 Å². The summed E-state index contributed by atoms with van der Waals surface area (Å²) in [6.45, 7) is 1.75. The van der Waals surface area contributed by atoms with Crippen molar-refractivity contribution in [3.8, 4) is 23.0 Å². The van der Waals surface area contributed by atoms with Crippen LogP contribution in [-0.4, -0.2) is 49.0 Å². The Labute approximate surface area is 181 Å². The van der Waals surface area contributed by atoms with Crippen LogP contribution in [0.4, 0.5) is 0 Å². The van der Waals surface area contributed by atoms with Gasteiger partial charge in [-0.1, -0.05) is 6.07 Å². The van der Waals surface area contributed by atoms with Gasteiger partial charge >= 0.3 is 0 Å². The molecule has 3 aromatic carbocycles. The molecule has 0 aliphatic carbocycles. The molecule has 0 spiro atoms. The van der Waals surface area contributed by atoms with E-state index in [2.05, 4.69) is 4.90 Å². The molecule has 30 heavy (non-hydrogen) atoms. The molecule has 2 atom stereocenters. The Morgan fingerprint density at radius 3 is 2.43 bits per heavy atom. The van der Waals surface area contributed by atoms with Crippen molar-refractivity contribution in [3.05, 3.63) is 35.4 Å². The van der Waals surface area contributed by atoms with Crippen LogP contribution in [0.3, 0.4) is 0 Å². The summed E-state index contributed by atoms with van der Waals surface area (Å²) < 4.78 is 17.0. The highest BCUT2D eigenvalue weighted by molar-refractivity contribution is 6.15. The predicted octanol–water partition coefficient (Wildman–Crippen LogP) is 4.16. The summed E-state index contributed by atoms with van der Waals surface area (Å²) in [6, 6.07) is 7.41. The van der Waals surface area contributed by atoms with Crippen LogP contribution in [0.25, 0.3) is 21.5 Å².